The maximum Gasteiger partial charge on any atom is 0.0571 e. The zero-order valence-electron chi connectivity index (χ0n) is 12.2. The Morgan fingerprint density at radius 1 is 1.29 bits per heavy atom. The molecule has 1 N–H and O–H groups in total. The van der Waals surface area contributed by atoms with Gasteiger partial charge < -0.3 is 9.84 Å². The van der Waals surface area contributed by atoms with Crippen LogP contribution in [-0.4, -0.2) is 24.9 Å². The lowest BCUT2D eigenvalue weighted by atomic mass is 9.65. The molecule has 102 valence electrons. The van der Waals surface area contributed by atoms with Gasteiger partial charge in [-0.3, -0.25) is 0 Å². The maximum atomic E-state index is 10.2. The van der Waals surface area contributed by atoms with Crippen LogP contribution in [0.15, 0.2) is 0 Å². The summed E-state index contributed by atoms with van der Waals surface area (Å²) in [5.41, 5.74) is 0.374. The van der Waals surface area contributed by atoms with Gasteiger partial charge in [-0.15, -0.1) is 0 Å². The third-order valence-electron chi connectivity index (χ3n) is 4.59. The standard InChI is InChI=1S/C15H30O2/c1-11(8-9-17-5)13-10-12(15(2,3)4)6-7-14(13)16/h11-14,16H,6-10H2,1-5H3. The molecule has 1 saturated carbocycles. The number of aliphatic hydroxyl groups excluding tert-OH is 1. The highest BCUT2D eigenvalue weighted by atomic mass is 16.5. The minimum atomic E-state index is -0.0968. The summed E-state index contributed by atoms with van der Waals surface area (Å²) in [6.07, 6.45) is 4.30. The fourth-order valence-electron chi connectivity index (χ4n) is 3.11. The minimum Gasteiger partial charge on any atom is -0.393 e. The van der Waals surface area contributed by atoms with Crippen molar-refractivity contribution in [2.24, 2.45) is 23.2 Å². The molecule has 1 aliphatic rings. The van der Waals surface area contributed by atoms with Gasteiger partial charge in [-0.25, -0.2) is 0 Å². The van der Waals surface area contributed by atoms with E-state index < -0.39 is 0 Å². The lowest BCUT2D eigenvalue weighted by Gasteiger charge is -2.42. The van der Waals surface area contributed by atoms with Gasteiger partial charge in [0.15, 0.2) is 0 Å². The number of aliphatic hydroxyl groups is 1. The molecule has 0 heterocycles. The van der Waals surface area contributed by atoms with E-state index in [1.54, 1.807) is 7.11 Å². The summed E-state index contributed by atoms with van der Waals surface area (Å²) in [6, 6.07) is 0. The monoisotopic (exact) mass is 242 g/mol. The highest BCUT2D eigenvalue weighted by Crippen LogP contribution is 2.43. The van der Waals surface area contributed by atoms with E-state index in [-0.39, 0.29) is 6.10 Å². The molecular weight excluding hydrogens is 212 g/mol. The molecule has 0 bridgehead atoms. The maximum absolute atomic E-state index is 10.2. The van der Waals surface area contributed by atoms with Gasteiger partial charge in [-0.1, -0.05) is 27.7 Å². The van der Waals surface area contributed by atoms with E-state index in [4.69, 9.17) is 4.74 Å². The predicted octanol–water partition coefficient (Wildman–Crippen LogP) is 3.48. The van der Waals surface area contributed by atoms with Gasteiger partial charge in [0.05, 0.1) is 6.10 Å². The first-order valence-corrected chi connectivity index (χ1v) is 7.03. The van der Waals surface area contributed by atoms with Crippen LogP contribution in [0.1, 0.15) is 53.4 Å². The predicted molar refractivity (Wildman–Crippen MR) is 71.9 cm³/mol. The molecule has 0 aliphatic heterocycles. The van der Waals surface area contributed by atoms with E-state index in [9.17, 15) is 5.11 Å². The molecule has 17 heavy (non-hydrogen) atoms. The Kier molecular flexibility index (Phi) is 5.46. The molecule has 0 aromatic heterocycles. The van der Waals surface area contributed by atoms with E-state index >= 15 is 0 Å². The number of ether oxygens (including phenoxy) is 1. The quantitative estimate of drug-likeness (QED) is 0.818. The molecule has 2 heteroatoms. The number of rotatable bonds is 4. The van der Waals surface area contributed by atoms with Crippen LogP contribution < -0.4 is 0 Å². The van der Waals surface area contributed by atoms with Gasteiger partial charge in [-0.2, -0.15) is 0 Å². The zero-order chi connectivity index (χ0) is 13.1. The van der Waals surface area contributed by atoms with E-state index in [1.807, 2.05) is 0 Å². The molecule has 2 nitrogen and oxygen atoms in total. The molecule has 0 radical (unpaired) electrons. The van der Waals surface area contributed by atoms with E-state index in [0.717, 1.165) is 25.4 Å². The normalized spacial score (nSPS) is 32.5. The summed E-state index contributed by atoms with van der Waals surface area (Å²) in [5.74, 6) is 1.78. The molecule has 4 atom stereocenters. The van der Waals surface area contributed by atoms with Crippen LogP contribution >= 0.6 is 0 Å². The molecule has 4 unspecified atom stereocenters. The zero-order valence-corrected chi connectivity index (χ0v) is 12.2. The molecule has 1 rings (SSSR count). The van der Waals surface area contributed by atoms with Crippen molar-refractivity contribution in [2.45, 2.75) is 59.5 Å². The van der Waals surface area contributed by atoms with Crippen molar-refractivity contribution in [2.75, 3.05) is 13.7 Å². The Morgan fingerprint density at radius 2 is 1.94 bits per heavy atom. The minimum absolute atomic E-state index is 0.0968. The summed E-state index contributed by atoms with van der Waals surface area (Å²) < 4.78 is 5.15. The summed E-state index contributed by atoms with van der Waals surface area (Å²) >= 11 is 0. The Labute approximate surface area is 107 Å². The van der Waals surface area contributed by atoms with Crippen molar-refractivity contribution in [3.05, 3.63) is 0 Å². The number of hydrogen-bond donors (Lipinski definition) is 1. The van der Waals surface area contributed by atoms with Crippen molar-refractivity contribution in [1.29, 1.82) is 0 Å². The molecule has 1 aliphatic carbocycles. The van der Waals surface area contributed by atoms with E-state index in [2.05, 4.69) is 27.7 Å². The van der Waals surface area contributed by atoms with Crippen molar-refractivity contribution in [3.63, 3.8) is 0 Å². The van der Waals surface area contributed by atoms with Crippen LogP contribution in [-0.2, 0) is 4.74 Å². The summed E-state index contributed by atoms with van der Waals surface area (Å²) in [7, 11) is 1.75. The average molecular weight is 242 g/mol. The second kappa shape index (κ2) is 6.19. The van der Waals surface area contributed by atoms with E-state index in [1.165, 1.54) is 12.8 Å². The molecule has 0 spiro atoms. The number of methoxy groups -OCH3 is 1. The molecule has 0 aromatic carbocycles. The lowest BCUT2D eigenvalue weighted by Crippen LogP contribution is -2.38. The molecule has 0 saturated heterocycles. The van der Waals surface area contributed by atoms with Crippen molar-refractivity contribution < 1.29 is 9.84 Å². The van der Waals surface area contributed by atoms with Crippen LogP contribution in [0.2, 0.25) is 0 Å². The SMILES string of the molecule is COCCC(C)C1CC(C(C)(C)C)CCC1O. The fraction of sp³-hybridized carbons (Fsp3) is 1.00. The van der Waals surface area contributed by atoms with Crippen LogP contribution in [0.3, 0.4) is 0 Å². The Morgan fingerprint density at radius 3 is 2.47 bits per heavy atom. The fourth-order valence-corrected chi connectivity index (χ4v) is 3.11. The second-order valence-electron chi connectivity index (χ2n) is 6.87. The van der Waals surface area contributed by atoms with Gasteiger partial charge >= 0.3 is 0 Å². The third kappa shape index (κ3) is 4.26. The highest BCUT2D eigenvalue weighted by molar-refractivity contribution is 4.87. The molecule has 0 aromatic rings. The average Bonchev–Trinajstić information content (AvgIpc) is 2.24. The van der Waals surface area contributed by atoms with Crippen LogP contribution in [0.4, 0.5) is 0 Å². The lowest BCUT2D eigenvalue weighted by molar-refractivity contribution is -0.00974. The smallest absolute Gasteiger partial charge is 0.0571 e. The Hall–Kier alpha value is -0.0800. The van der Waals surface area contributed by atoms with Crippen LogP contribution in [0.25, 0.3) is 0 Å². The summed E-state index contributed by atoms with van der Waals surface area (Å²) in [5, 5.41) is 10.2. The van der Waals surface area contributed by atoms with Crippen molar-refractivity contribution >= 4 is 0 Å². The number of hydrogen-bond acceptors (Lipinski definition) is 2. The van der Waals surface area contributed by atoms with Crippen LogP contribution in [0, 0.1) is 23.2 Å². The van der Waals surface area contributed by atoms with Gasteiger partial charge in [0.25, 0.3) is 0 Å². The Bertz CT molecular complexity index is 219. The largest absolute Gasteiger partial charge is 0.393 e. The van der Waals surface area contributed by atoms with Crippen LogP contribution in [0.5, 0.6) is 0 Å². The van der Waals surface area contributed by atoms with Gasteiger partial charge in [0.2, 0.25) is 0 Å². The highest BCUT2D eigenvalue weighted by Gasteiger charge is 2.37. The first-order valence-electron chi connectivity index (χ1n) is 7.03. The van der Waals surface area contributed by atoms with Gasteiger partial charge in [0.1, 0.15) is 0 Å². The van der Waals surface area contributed by atoms with Gasteiger partial charge in [-0.05, 0) is 48.9 Å². The van der Waals surface area contributed by atoms with Gasteiger partial charge in [0, 0.05) is 13.7 Å². The Balaban J connectivity index is 2.57. The summed E-state index contributed by atoms with van der Waals surface area (Å²) in [4.78, 5) is 0. The first-order chi connectivity index (χ1) is 7.86. The van der Waals surface area contributed by atoms with Crippen molar-refractivity contribution in [3.8, 4) is 0 Å². The van der Waals surface area contributed by atoms with E-state index in [0.29, 0.717) is 17.3 Å². The molecule has 0 amide bonds. The second-order valence-corrected chi connectivity index (χ2v) is 6.87. The van der Waals surface area contributed by atoms with Crippen molar-refractivity contribution in [1.82, 2.24) is 0 Å². The summed E-state index contributed by atoms with van der Waals surface area (Å²) in [6.45, 7) is 10.0. The molecular formula is C15H30O2. The third-order valence-corrected chi connectivity index (χ3v) is 4.59. The topological polar surface area (TPSA) is 29.5 Å². The molecule has 1 fully saturated rings. The first kappa shape index (κ1) is 15.0.